The lowest BCUT2D eigenvalue weighted by Crippen LogP contribution is -2.52. The molecule has 0 heterocycles. The molecule has 1 atom stereocenters. The van der Waals surface area contributed by atoms with Crippen molar-refractivity contribution in [3.8, 4) is 0 Å². The third-order valence-corrected chi connectivity index (χ3v) is 5.67. The fourth-order valence-electron chi connectivity index (χ4n) is 2.06. The van der Waals surface area contributed by atoms with Crippen molar-refractivity contribution in [3.63, 3.8) is 0 Å². The molecule has 0 unspecified atom stereocenters. The number of halogens is 1. The molecular weight excluding hydrogens is 358 g/mol. The van der Waals surface area contributed by atoms with E-state index >= 15 is 0 Å². The number of carbonyl (C=O) groups excluding carboxylic acids is 1. The van der Waals surface area contributed by atoms with Crippen molar-refractivity contribution in [2.75, 3.05) is 7.11 Å². The highest BCUT2D eigenvalue weighted by atomic mass is 79.9. The third-order valence-electron chi connectivity index (χ3n) is 3.19. The second kappa shape index (κ2) is 6.89. The Labute approximate surface area is 134 Å². The van der Waals surface area contributed by atoms with E-state index in [1.54, 1.807) is 19.1 Å². The van der Waals surface area contributed by atoms with Crippen LogP contribution in [0.4, 0.5) is 0 Å². The third kappa shape index (κ3) is 4.28. The molecule has 1 aromatic rings. The minimum absolute atomic E-state index is 0.120. The maximum absolute atomic E-state index is 12.5. The number of carbonyl (C=O) groups is 1. The number of hydrogen-bond donors (Lipinski definition) is 1. The maximum atomic E-state index is 12.5. The van der Waals surface area contributed by atoms with Crippen molar-refractivity contribution in [2.24, 2.45) is 0 Å². The van der Waals surface area contributed by atoms with E-state index in [-0.39, 0.29) is 4.90 Å². The first kappa shape index (κ1) is 18.1. The first-order valence-corrected chi connectivity index (χ1v) is 8.82. The van der Waals surface area contributed by atoms with E-state index in [4.69, 9.17) is 4.74 Å². The molecule has 0 amide bonds. The molecule has 1 rings (SSSR count). The highest BCUT2D eigenvalue weighted by molar-refractivity contribution is 9.10. The summed E-state index contributed by atoms with van der Waals surface area (Å²) in [6.07, 6.45) is 1.00. The molecule has 21 heavy (non-hydrogen) atoms. The van der Waals surface area contributed by atoms with Gasteiger partial charge in [0.25, 0.3) is 0 Å². The van der Waals surface area contributed by atoms with Crippen LogP contribution in [0.3, 0.4) is 0 Å². The number of methoxy groups -OCH3 is 1. The van der Waals surface area contributed by atoms with Gasteiger partial charge >= 0.3 is 5.97 Å². The number of ether oxygens (including phenoxy) is 1. The highest BCUT2D eigenvalue weighted by Gasteiger charge is 2.38. The van der Waals surface area contributed by atoms with Gasteiger partial charge in [0.15, 0.2) is 0 Å². The topological polar surface area (TPSA) is 72.5 Å². The smallest absolute Gasteiger partial charge is 0.326 e. The van der Waals surface area contributed by atoms with Gasteiger partial charge in [0.2, 0.25) is 10.0 Å². The van der Waals surface area contributed by atoms with Crippen molar-refractivity contribution < 1.29 is 17.9 Å². The number of aryl methyl sites for hydroxylation is 1. The number of rotatable bonds is 6. The van der Waals surface area contributed by atoms with Gasteiger partial charge < -0.3 is 4.74 Å². The lowest BCUT2D eigenvalue weighted by atomic mass is 9.98. The molecule has 0 aliphatic rings. The molecule has 5 nitrogen and oxygen atoms in total. The van der Waals surface area contributed by atoms with Crippen LogP contribution < -0.4 is 4.72 Å². The predicted octanol–water partition coefficient (Wildman–Crippen LogP) is 2.77. The fourth-order valence-corrected chi connectivity index (χ4v) is 3.78. The summed E-state index contributed by atoms with van der Waals surface area (Å²) in [7, 11) is -2.56. The van der Waals surface area contributed by atoms with Crippen LogP contribution in [0.1, 0.15) is 32.3 Å². The zero-order valence-corrected chi connectivity index (χ0v) is 15.0. The Morgan fingerprint density at radius 3 is 2.52 bits per heavy atom. The van der Waals surface area contributed by atoms with E-state index in [0.717, 1.165) is 10.0 Å². The van der Waals surface area contributed by atoms with Crippen LogP contribution in [0.2, 0.25) is 0 Å². The first-order valence-electron chi connectivity index (χ1n) is 6.55. The number of hydrogen-bond acceptors (Lipinski definition) is 4. The molecule has 0 saturated carbocycles. The van der Waals surface area contributed by atoms with Crippen LogP contribution in [0, 0.1) is 6.92 Å². The van der Waals surface area contributed by atoms with E-state index in [1.165, 1.54) is 20.1 Å². The number of benzene rings is 1. The summed E-state index contributed by atoms with van der Waals surface area (Å²) >= 11 is 3.33. The molecule has 0 radical (unpaired) electrons. The van der Waals surface area contributed by atoms with Crippen LogP contribution in [-0.4, -0.2) is 27.0 Å². The zero-order chi connectivity index (χ0) is 16.3. The Kier molecular flexibility index (Phi) is 5.95. The van der Waals surface area contributed by atoms with Gasteiger partial charge in [0, 0.05) is 4.47 Å². The van der Waals surface area contributed by atoms with Crippen LogP contribution >= 0.6 is 15.9 Å². The van der Waals surface area contributed by atoms with Crippen molar-refractivity contribution in [2.45, 2.75) is 44.0 Å². The molecule has 0 bridgehead atoms. The summed E-state index contributed by atoms with van der Waals surface area (Å²) < 4.78 is 33.0. The van der Waals surface area contributed by atoms with Gasteiger partial charge in [0.1, 0.15) is 5.54 Å². The van der Waals surface area contributed by atoms with E-state index in [0.29, 0.717) is 12.8 Å². The number of nitrogens with one attached hydrogen (secondary N) is 1. The SMILES string of the molecule is CCC[C@](C)(NS(=O)(=O)c1ccc(Br)c(C)c1)C(=O)OC. The monoisotopic (exact) mass is 377 g/mol. The quantitative estimate of drug-likeness (QED) is 0.773. The van der Waals surface area contributed by atoms with Crippen LogP contribution in [0.25, 0.3) is 0 Å². The molecule has 1 N–H and O–H groups in total. The Morgan fingerprint density at radius 1 is 1.43 bits per heavy atom. The van der Waals surface area contributed by atoms with Gasteiger partial charge in [-0.05, 0) is 44.0 Å². The lowest BCUT2D eigenvalue weighted by Gasteiger charge is -2.27. The largest absolute Gasteiger partial charge is 0.468 e. The molecule has 7 heteroatoms. The maximum Gasteiger partial charge on any atom is 0.326 e. The molecular formula is C14H20BrNO4S. The van der Waals surface area contributed by atoms with Crippen LogP contribution in [-0.2, 0) is 19.6 Å². The Hall–Kier alpha value is -0.920. The van der Waals surface area contributed by atoms with Crippen LogP contribution in [0.15, 0.2) is 27.6 Å². The van der Waals surface area contributed by atoms with Crippen LogP contribution in [0.5, 0.6) is 0 Å². The minimum Gasteiger partial charge on any atom is -0.468 e. The second-order valence-electron chi connectivity index (χ2n) is 5.09. The molecule has 0 spiro atoms. The van der Waals surface area contributed by atoms with Crippen molar-refractivity contribution in [3.05, 3.63) is 28.2 Å². The van der Waals surface area contributed by atoms with E-state index < -0.39 is 21.5 Å². The second-order valence-corrected chi connectivity index (χ2v) is 7.63. The van der Waals surface area contributed by atoms with E-state index in [2.05, 4.69) is 20.7 Å². The van der Waals surface area contributed by atoms with Gasteiger partial charge in [-0.25, -0.2) is 8.42 Å². The molecule has 118 valence electrons. The van der Waals surface area contributed by atoms with Gasteiger partial charge in [-0.3, -0.25) is 4.79 Å². The van der Waals surface area contributed by atoms with E-state index in [9.17, 15) is 13.2 Å². The average Bonchev–Trinajstić information content (AvgIpc) is 2.40. The Bertz CT molecular complexity index is 630. The number of sulfonamides is 1. The van der Waals surface area contributed by atoms with Gasteiger partial charge in [-0.2, -0.15) is 4.72 Å². The summed E-state index contributed by atoms with van der Waals surface area (Å²) in [6, 6.07) is 4.71. The van der Waals surface area contributed by atoms with Gasteiger partial charge in [-0.15, -0.1) is 0 Å². The average molecular weight is 378 g/mol. The first-order chi connectivity index (χ1) is 9.66. The summed E-state index contributed by atoms with van der Waals surface area (Å²) in [5.74, 6) is -0.596. The van der Waals surface area contributed by atoms with Crippen molar-refractivity contribution in [1.82, 2.24) is 4.72 Å². The van der Waals surface area contributed by atoms with E-state index in [1.807, 2.05) is 6.92 Å². The summed E-state index contributed by atoms with van der Waals surface area (Å²) in [5.41, 5.74) is -0.475. The Balaban J connectivity index is 3.17. The molecule has 0 fully saturated rings. The molecule has 0 aliphatic heterocycles. The Morgan fingerprint density at radius 2 is 2.05 bits per heavy atom. The molecule has 0 aromatic heterocycles. The summed E-state index contributed by atoms with van der Waals surface area (Å²) in [5, 5.41) is 0. The minimum atomic E-state index is -3.81. The molecule has 1 aromatic carbocycles. The fraction of sp³-hybridized carbons (Fsp3) is 0.500. The van der Waals surface area contributed by atoms with Crippen molar-refractivity contribution in [1.29, 1.82) is 0 Å². The number of esters is 1. The normalized spacial score (nSPS) is 14.5. The summed E-state index contributed by atoms with van der Waals surface area (Å²) in [4.78, 5) is 12.0. The standard InChI is InChI=1S/C14H20BrNO4S/c1-5-8-14(3,13(17)20-4)16-21(18,19)11-6-7-12(15)10(2)9-11/h6-7,9,16H,5,8H2,1-4H3/t14-/m0/s1. The summed E-state index contributed by atoms with van der Waals surface area (Å²) in [6.45, 7) is 5.21. The molecule has 0 saturated heterocycles. The highest BCUT2D eigenvalue weighted by Crippen LogP contribution is 2.23. The zero-order valence-electron chi connectivity index (χ0n) is 12.6. The van der Waals surface area contributed by atoms with Gasteiger partial charge in [-0.1, -0.05) is 29.3 Å². The van der Waals surface area contributed by atoms with Crippen molar-refractivity contribution >= 4 is 31.9 Å². The predicted molar refractivity (Wildman–Crippen MR) is 84.5 cm³/mol. The molecule has 0 aliphatic carbocycles. The lowest BCUT2D eigenvalue weighted by molar-refractivity contribution is -0.147. The van der Waals surface area contributed by atoms with Gasteiger partial charge in [0.05, 0.1) is 12.0 Å².